The number of H-pyrrole nitrogens is 1. The number of anilines is 1. The van der Waals surface area contributed by atoms with E-state index in [9.17, 15) is 4.79 Å². The first-order valence-corrected chi connectivity index (χ1v) is 8.25. The van der Waals surface area contributed by atoms with Crippen LogP contribution in [-0.2, 0) is 4.74 Å². The van der Waals surface area contributed by atoms with Crippen LogP contribution in [0.2, 0.25) is 0 Å². The number of rotatable bonds is 1. The summed E-state index contributed by atoms with van der Waals surface area (Å²) in [6, 6.07) is 5.28. The molecule has 2 bridgehead atoms. The van der Waals surface area contributed by atoms with Crippen molar-refractivity contribution >= 4 is 11.8 Å². The van der Waals surface area contributed by atoms with Crippen molar-refractivity contribution in [3.05, 3.63) is 42.4 Å². The molecule has 7 heteroatoms. The van der Waals surface area contributed by atoms with Gasteiger partial charge in [0.25, 0.3) is 0 Å². The Morgan fingerprint density at radius 3 is 3.16 bits per heavy atom. The van der Waals surface area contributed by atoms with Gasteiger partial charge in [0.05, 0.1) is 31.6 Å². The van der Waals surface area contributed by atoms with Crippen LogP contribution in [0.15, 0.2) is 36.5 Å². The van der Waals surface area contributed by atoms with E-state index >= 15 is 0 Å². The molecule has 1 aliphatic rings. The van der Waals surface area contributed by atoms with E-state index in [-0.39, 0.29) is 6.04 Å². The van der Waals surface area contributed by atoms with Crippen molar-refractivity contribution in [1.29, 1.82) is 0 Å². The first kappa shape index (κ1) is 17.0. The Bertz CT molecular complexity index is 769. The lowest BCUT2D eigenvalue weighted by molar-refractivity contribution is 0.187. The summed E-state index contributed by atoms with van der Waals surface area (Å²) in [7, 11) is 1.32. The summed E-state index contributed by atoms with van der Waals surface area (Å²) in [5, 5.41) is 2.65. The maximum absolute atomic E-state index is 11.4. The van der Waals surface area contributed by atoms with Crippen LogP contribution in [0.5, 0.6) is 5.75 Å². The van der Waals surface area contributed by atoms with E-state index in [0.29, 0.717) is 18.0 Å². The second-order valence-electron chi connectivity index (χ2n) is 5.81. The highest BCUT2D eigenvalue weighted by atomic mass is 16.5. The summed E-state index contributed by atoms with van der Waals surface area (Å²) < 4.78 is 10.6. The summed E-state index contributed by atoms with van der Waals surface area (Å²) in [5.41, 5.74) is 8.48. The number of carbonyl (C=O) groups is 1. The van der Waals surface area contributed by atoms with Crippen LogP contribution in [0.4, 0.5) is 10.5 Å². The van der Waals surface area contributed by atoms with Crippen LogP contribution in [0.25, 0.3) is 11.3 Å². The summed E-state index contributed by atoms with van der Waals surface area (Å²) >= 11 is 0. The van der Waals surface area contributed by atoms with Crippen molar-refractivity contribution in [3.63, 3.8) is 0 Å². The Labute approximate surface area is 146 Å². The molecule has 2 aromatic rings. The first-order chi connectivity index (χ1) is 12.2. The van der Waals surface area contributed by atoms with Gasteiger partial charge < -0.3 is 20.2 Å². The molecule has 1 aliphatic heterocycles. The molecule has 1 aromatic carbocycles. The molecule has 0 aliphatic carbocycles. The number of hydrogen-bond acceptors (Lipinski definition) is 5. The zero-order chi connectivity index (χ0) is 17.6. The lowest BCUT2D eigenvalue weighted by Gasteiger charge is -2.13. The number of fused-ring (bicyclic) bond motifs is 4. The monoisotopic (exact) mass is 342 g/mol. The van der Waals surface area contributed by atoms with Gasteiger partial charge in [-0.1, -0.05) is 12.2 Å². The number of methoxy groups -OCH3 is 1. The highest BCUT2D eigenvalue weighted by Crippen LogP contribution is 2.32. The number of nitrogens with one attached hydrogen (secondary N) is 2. The quantitative estimate of drug-likeness (QED) is 0.690. The molecule has 132 valence electrons. The van der Waals surface area contributed by atoms with Gasteiger partial charge in [0.15, 0.2) is 0 Å². The van der Waals surface area contributed by atoms with Gasteiger partial charge in [-0.25, -0.2) is 9.78 Å². The molecule has 25 heavy (non-hydrogen) atoms. The molecule has 2 heterocycles. The normalized spacial score (nSPS) is 18.6. The predicted octanol–water partition coefficient (Wildman–Crippen LogP) is 3.37. The standard InChI is InChI=1S/C18H22N4O3/c1-24-18(23)21-12-7-8-13-15-11-20-17(22-15)14(19)6-4-2-3-5-9-25-16(13)10-12/h2,4,7-8,10-11,14H,3,5-6,9,19H2,1H3,(H,20,22)(H,21,23)/b4-2-/t14-/m0/s1. The third kappa shape index (κ3) is 4.19. The van der Waals surface area contributed by atoms with Crippen LogP contribution >= 0.6 is 0 Å². The minimum atomic E-state index is -0.524. The fourth-order valence-corrected chi connectivity index (χ4v) is 2.63. The second-order valence-corrected chi connectivity index (χ2v) is 5.81. The maximum atomic E-state index is 11.4. The van der Waals surface area contributed by atoms with Gasteiger partial charge in [-0.2, -0.15) is 0 Å². The number of aromatic amines is 1. The van der Waals surface area contributed by atoms with Crippen LogP contribution in [0, 0.1) is 0 Å². The van der Waals surface area contributed by atoms with Crippen LogP contribution in [0.3, 0.4) is 0 Å². The average Bonchev–Trinajstić information content (AvgIpc) is 3.10. The van der Waals surface area contributed by atoms with E-state index in [0.717, 1.165) is 36.3 Å². The molecule has 1 amide bonds. The Kier molecular flexibility index (Phi) is 5.35. The number of allylic oxidation sites excluding steroid dienone is 1. The highest BCUT2D eigenvalue weighted by Gasteiger charge is 2.15. The SMILES string of the molecule is COC(=O)Nc1ccc2c(c1)OCCC/C=C\C[C@H](N)c1ncc-2[nH]1. The number of benzene rings is 1. The minimum absolute atomic E-state index is 0.171. The molecule has 0 spiro atoms. The maximum Gasteiger partial charge on any atom is 0.411 e. The highest BCUT2D eigenvalue weighted by molar-refractivity contribution is 5.86. The van der Waals surface area contributed by atoms with Crippen molar-refractivity contribution in [3.8, 4) is 17.0 Å². The Morgan fingerprint density at radius 1 is 1.44 bits per heavy atom. The molecule has 0 saturated carbocycles. The molecule has 3 rings (SSSR count). The van der Waals surface area contributed by atoms with Gasteiger partial charge in [0, 0.05) is 17.3 Å². The van der Waals surface area contributed by atoms with Crippen molar-refractivity contribution in [1.82, 2.24) is 9.97 Å². The van der Waals surface area contributed by atoms with Crippen molar-refractivity contribution in [2.75, 3.05) is 19.0 Å². The number of imidazole rings is 1. The third-order valence-corrected chi connectivity index (χ3v) is 3.98. The number of carbonyl (C=O) groups excluding carboxylic acids is 1. The third-order valence-electron chi connectivity index (χ3n) is 3.98. The van der Waals surface area contributed by atoms with Gasteiger partial charge in [-0.3, -0.25) is 5.32 Å². The fourth-order valence-electron chi connectivity index (χ4n) is 2.63. The Morgan fingerprint density at radius 2 is 2.32 bits per heavy atom. The smallest absolute Gasteiger partial charge is 0.411 e. The number of nitrogens with zero attached hydrogens (tertiary/aromatic N) is 1. The largest absolute Gasteiger partial charge is 0.493 e. The van der Waals surface area contributed by atoms with E-state index in [2.05, 4.69) is 32.2 Å². The summed E-state index contributed by atoms with van der Waals surface area (Å²) in [6.45, 7) is 0.575. The topological polar surface area (TPSA) is 102 Å². The van der Waals surface area contributed by atoms with Crippen LogP contribution in [0.1, 0.15) is 31.1 Å². The molecular weight excluding hydrogens is 320 g/mol. The number of aromatic nitrogens is 2. The molecule has 7 nitrogen and oxygen atoms in total. The molecule has 0 unspecified atom stereocenters. The van der Waals surface area contributed by atoms with Gasteiger partial charge in [0.2, 0.25) is 0 Å². The van der Waals surface area contributed by atoms with Gasteiger partial charge >= 0.3 is 6.09 Å². The van der Waals surface area contributed by atoms with Crippen molar-refractivity contribution in [2.45, 2.75) is 25.3 Å². The molecule has 0 saturated heterocycles. The fraction of sp³-hybridized carbons (Fsp3) is 0.333. The van der Waals surface area contributed by atoms with Crippen LogP contribution in [-0.4, -0.2) is 29.8 Å². The number of hydrogen-bond donors (Lipinski definition) is 3. The van der Waals surface area contributed by atoms with Crippen molar-refractivity contribution < 1.29 is 14.3 Å². The molecular formula is C18H22N4O3. The lowest BCUT2D eigenvalue weighted by Crippen LogP contribution is -2.11. The van der Waals surface area contributed by atoms with E-state index in [1.807, 2.05) is 6.07 Å². The summed E-state index contributed by atoms with van der Waals surface area (Å²) in [5.74, 6) is 1.41. The van der Waals surface area contributed by atoms with E-state index in [1.165, 1.54) is 7.11 Å². The Hall–Kier alpha value is -2.80. The Balaban J connectivity index is 1.95. The first-order valence-electron chi connectivity index (χ1n) is 8.25. The molecule has 4 N–H and O–H groups in total. The zero-order valence-electron chi connectivity index (χ0n) is 14.1. The number of amides is 1. The summed E-state index contributed by atoms with van der Waals surface area (Å²) in [6.07, 6.45) is 7.97. The zero-order valence-corrected chi connectivity index (χ0v) is 14.1. The number of ether oxygens (including phenoxy) is 2. The van der Waals surface area contributed by atoms with Crippen LogP contribution < -0.4 is 15.8 Å². The lowest BCUT2D eigenvalue weighted by atomic mass is 10.1. The van der Waals surface area contributed by atoms with Gasteiger partial charge in [-0.15, -0.1) is 0 Å². The predicted molar refractivity (Wildman–Crippen MR) is 95.5 cm³/mol. The molecule has 1 atom stereocenters. The minimum Gasteiger partial charge on any atom is -0.493 e. The molecule has 0 radical (unpaired) electrons. The molecule has 1 aromatic heterocycles. The van der Waals surface area contributed by atoms with Gasteiger partial charge in [-0.05, 0) is 31.4 Å². The average molecular weight is 342 g/mol. The van der Waals surface area contributed by atoms with Gasteiger partial charge in [0.1, 0.15) is 11.6 Å². The number of nitrogens with two attached hydrogens (primary N) is 1. The second kappa shape index (κ2) is 7.85. The van der Waals surface area contributed by atoms with E-state index in [4.69, 9.17) is 10.5 Å². The summed E-state index contributed by atoms with van der Waals surface area (Å²) in [4.78, 5) is 19.1. The van der Waals surface area contributed by atoms with Crippen molar-refractivity contribution in [2.24, 2.45) is 5.73 Å². The van der Waals surface area contributed by atoms with E-state index in [1.54, 1.807) is 18.3 Å². The molecule has 0 fully saturated rings. The van der Waals surface area contributed by atoms with E-state index < -0.39 is 6.09 Å².